The molecule has 0 aromatic heterocycles. The van der Waals surface area contributed by atoms with Gasteiger partial charge in [0.05, 0.1) is 28.4 Å². The summed E-state index contributed by atoms with van der Waals surface area (Å²) in [6.45, 7) is 1.59. The molecule has 8 rings (SSSR count). The molecular formula is C38H44N2O8. The first-order valence-electron chi connectivity index (χ1n) is 16.9. The van der Waals surface area contributed by atoms with Crippen LogP contribution >= 0.6 is 0 Å². The Hall–Kier alpha value is -4.02. The molecule has 0 spiro atoms. The van der Waals surface area contributed by atoms with Crippen molar-refractivity contribution in [2.45, 2.75) is 61.4 Å². The predicted octanol–water partition coefficient (Wildman–Crippen LogP) is 4.02. The maximum atomic E-state index is 13.5. The Labute approximate surface area is 280 Å². The molecule has 2 aromatic carbocycles. The third-order valence-electron chi connectivity index (χ3n) is 13.0. The molecule has 0 radical (unpaired) electrons. The lowest BCUT2D eigenvalue weighted by atomic mass is 9.52. The Morgan fingerprint density at radius 3 is 1.42 bits per heavy atom. The van der Waals surface area contributed by atoms with Gasteiger partial charge in [0.25, 0.3) is 0 Å². The highest BCUT2D eigenvalue weighted by Crippen LogP contribution is 2.63. The van der Waals surface area contributed by atoms with E-state index in [2.05, 4.69) is 23.9 Å². The molecule has 254 valence electrons. The SMILES string of the molecule is COC1=C[C@@H]2[C@@H]3Cc4c(-c5cc(OC)c(O)c6c5C[C@H]5[C@H]7C=C(OC)C(=O)C[C@@]67CCN5C)cc(OC)c(O)c4[C@]2(CCN3C)CC1=O. The van der Waals surface area contributed by atoms with Crippen molar-refractivity contribution in [2.24, 2.45) is 11.8 Å². The number of nitrogens with zero attached hydrogens (tertiary/aromatic N) is 2. The van der Waals surface area contributed by atoms with E-state index >= 15 is 0 Å². The lowest BCUT2D eigenvalue weighted by molar-refractivity contribution is -0.123. The Morgan fingerprint density at radius 1 is 0.667 bits per heavy atom. The zero-order valence-electron chi connectivity index (χ0n) is 28.5. The Morgan fingerprint density at radius 2 is 1.06 bits per heavy atom. The molecule has 0 amide bonds. The van der Waals surface area contributed by atoms with Crippen LogP contribution in [-0.2, 0) is 42.7 Å². The van der Waals surface area contributed by atoms with E-state index in [1.54, 1.807) is 28.4 Å². The molecule has 2 N–H and O–H groups in total. The van der Waals surface area contributed by atoms with Gasteiger partial charge in [0.15, 0.2) is 46.1 Å². The first kappa shape index (κ1) is 31.3. The number of ketones is 2. The Kier molecular flexibility index (Phi) is 6.99. The average Bonchev–Trinajstić information content (AvgIpc) is 3.07. The number of phenolic OH excluding ortho intramolecular Hbond substituents is 2. The molecule has 4 aliphatic carbocycles. The molecule has 2 heterocycles. The molecule has 2 aliphatic heterocycles. The van der Waals surface area contributed by atoms with Crippen molar-refractivity contribution >= 4 is 11.6 Å². The largest absolute Gasteiger partial charge is 0.504 e. The number of ether oxygens (including phenoxy) is 4. The van der Waals surface area contributed by atoms with Gasteiger partial charge in [-0.25, -0.2) is 0 Å². The summed E-state index contributed by atoms with van der Waals surface area (Å²) >= 11 is 0. The summed E-state index contributed by atoms with van der Waals surface area (Å²) in [5.74, 6) is 1.41. The van der Waals surface area contributed by atoms with Crippen molar-refractivity contribution in [1.82, 2.24) is 9.80 Å². The summed E-state index contributed by atoms with van der Waals surface area (Å²) in [7, 11) is 10.4. The summed E-state index contributed by atoms with van der Waals surface area (Å²) in [4.78, 5) is 31.8. The van der Waals surface area contributed by atoms with E-state index in [4.69, 9.17) is 18.9 Å². The van der Waals surface area contributed by atoms with Crippen LogP contribution in [0.25, 0.3) is 11.1 Å². The number of allylic oxidation sites excluding steroid dienone is 2. The van der Waals surface area contributed by atoms with Crippen LogP contribution in [-0.4, -0.2) is 99.3 Å². The molecule has 10 nitrogen and oxygen atoms in total. The number of methoxy groups -OCH3 is 4. The minimum Gasteiger partial charge on any atom is -0.504 e. The van der Waals surface area contributed by atoms with Gasteiger partial charge in [-0.15, -0.1) is 0 Å². The summed E-state index contributed by atoms with van der Waals surface area (Å²) in [5, 5.41) is 24.0. The molecule has 10 heteroatoms. The fourth-order valence-electron chi connectivity index (χ4n) is 10.7. The number of rotatable bonds is 5. The lowest BCUT2D eigenvalue weighted by Crippen LogP contribution is -2.60. The number of hydrogen-bond acceptors (Lipinski definition) is 10. The fraction of sp³-hybridized carbons (Fsp3) is 0.526. The van der Waals surface area contributed by atoms with E-state index in [1.165, 1.54) is 0 Å². The monoisotopic (exact) mass is 656 g/mol. The van der Waals surface area contributed by atoms with E-state index < -0.39 is 10.8 Å². The van der Waals surface area contributed by atoms with E-state index in [0.29, 0.717) is 48.7 Å². The second kappa shape index (κ2) is 10.7. The molecule has 0 unspecified atom stereocenters. The highest BCUT2D eigenvalue weighted by atomic mass is 16.5. The second-order valence-corrected chi connectivity index (χ2v) is 14.7. The zero-order valence-corrected chi connectivity index (χ0v) is 28.5. The zero-order chi connectivity index (χ0) is 33.9. The maximum Gasteiger partial charge on any atom is 0.197 e. The number of piperidine rings is 2. The normalized spacial score (nSPS) is 32.2. The van der Waals surface area contributed by atoms with E-state index in [9.17, 15) is 19.8 Å². The van der Waals surface area contributed by atoms with Crippen LogP contribution in [0.3, 0.4) is 0 Å². The summed E-state index contributed by atoms with van der Waals surface area (Å²) in [6, 6.07) is 3.97. The van der Waals surface area contributed by atoms with Gasteiger partial charge in [-0.2, -0.15) is 0 Å². The van der Waals surface area contributed by atoms with Gasteiger partial charge in [-0.05, 0) is 99.4 Å². The van der Waals surface area contributed by atoms with Gasteiger partial charge in [0.2, 0.25) is 0 Å². The molecule has 2 fully saturated rings. The van der Waals surface area contributed by atoms with Crippen molar-refractivity contribution in [3.63, 3.8) is 0 Å². The van der Waals surface area contributed by atoms with Crippen LogP contribution in [0, 0.1) is 11.8 Å². The molecule has 2 saturated heterocycles. The molecule has 4 bridgehead atoms. The van der Waals surface area contributed by atoms with Crippen molar-refractivity contribution in [2.75, 3.05) is 55.6 Å². The van der Waals surface area contributed by atoms with Crippen molar-refractivity contribution in [1.29, 1.82) is 0 Å². The number of aromatic hydroxyl groups is 2. The number of fused-ring (bicyclic) bond motifs is 2. The standard InChI is InChI=1S/C38H44N2O8/c1-39-9-7-37-17-27(41)29(45-3)15-23(37)25(39)11-21-19(13-31(47-5)35(43)33(21)37)20-14-32(48-6)36(44)34-22(20)12-26-24-16-30(46-4)28(42)18-38(24,34)8-10-40(26)2/h13-16,23-26,43-44H,7-12,17-18H2,1-6H3/t23-,24-,25+,26+,37-,38-/m1/s1. The first-order valence-corrected chi connectivity index (χ1v) is 16.9. The molecule has 0 saturated carbocycles. The summed E-state index contributed by atoms with van der Waals surface area (Å²) in [6.07, 6.45) is 7.11. The van der Waals surface area contributed by atoms with Crippen LogP contribution < -0.4 is 9.47 Å². The van der Waals surface area contributed by atoms with Gasteiger partial charge in [0.1, 0.15) is 0 Å². The van der Waals surface area contributed by atoms with Gasteiger partial charge >= 0.3 is 0 Å². The number of Topliss-reactive ketones (excluding diaryl/α,β-unsaturated/α-hetero) is 2. The van der Waals surface area contributed by atoms with Crippen LogP contribution in [0.2, 0.25) is 0 Å². The number of benzene rings is 2. The Balaban J connectivity index is 1.43. The maximum absolute atomic E-state index is 13.5. The topological polar surface area (TPSA) is 118 Å². The van der Waals surface area contributed by atoms with Crippen LogP contribution in [0.5, 0.6) is 23.0 Å². The van der Waals surface area contributed by atoms with E-state index in [-0.39, 0.29) is 59.8 Å². The molecule has 6 atom stereocenters. The third kappa shape index (κ3) is 3.93. The van der Waals surface area contributed by atoms with Gasteiger partial charge in [-0.1, -0.05) is 0 Å². The minimum absolute atomic E-state index is 0.0341. The molecule has 6 aliphatic rings. The number of carbonyl (C=O) groups is 2. The summed E-state index contributed by atoms with van der Waals surface area (Å²) in [5.41, 5.74) is 4.05. The average molecular weight is 657 g/mol. The molecule has 48 heavy (non-hydrogen) atoms. The first-order chi connectivity index (χ1) is 23.0. The van der Waals surface area contributed by atoms with Gasteiger partial charge < -0.3 is 39.0 Å². The lowest BCUT2D eigenvalue weighted by Gasteiger charge is -2.57. The molecule has 2 aromatic rings. The number of phenols is 2. The number of carbonyl (C=O) groups excluding carboxylic acids is 2. The smallest absolute Gasteiger partial charge is 0.197 e. The number of likely N-dealkylation sites (tertiary alicyclic amines) is 2. The quantitative estimate of drug-likeness (QED) is 0.489. The second-order valence-electron chi connectivity index (χ2n) is 14.7. The van der Waals surface area contributed by atoms with Gasteiger partial charge in [-0.3, -0.25) is 9.59 Å². The highest BCUT2D eigenvalue weighted by molar-refractivity contribution is 5.97. The number of hydrogen-bond donors (Lipinski definition) is 2. The van der Waals surface area contributed by atoms with Gasteiger partial charge in [0, 0.05) is 58.7 Å². The van der Waals surface area contributed by atoms with Crippen LogP contribution in [0.4, 0.5) is 0 Å². The third-order valence-corrected chi connectivity index (χ3v) is 13.0. The highest BCUT2D eigenvalue weighted by Gasteiger charge is 2.59. The van der Waals surface area contributed by atoms with Crippen molar-refractivity contribution in [3.8, 4) is 34.1 Å². The Bertz CT molecular complexity index is 1700. The molecular weight excluding hydrogens is 612 g/mol. The van der Waals surface area contributed by atoms with E-state index in [0.717, 1.165) is 46.5 Å². The van der Waals surface area contributed by atoms with E-state index in [1.807, 2.05) is 24.3 Å². The van der Waals surface area contributed by atoms with Crippen LogP contribution in [0.15, 0.2) is 35.8 Å². The minimum atomic E-state index is -0.629. The fourth-order valence-corrected chi connectivity index (χ4v) is 10.7. The number of likely N-dealkylation sites (N-methyl/N-ethyl adjacent to an activating group) is 2. The van der Waals surface area contributed by atoms with Crippen molar-refractivity contribution in [3.05, 3.63) is 58.1 Å². The van der Waals surface area contributed by atoms with Crippen LogP contribution in [0.1, 0.15) is 47.9 Å². The predicted molar refractivity (Wildman–Crippen MR) is 178 cm³/mol. The van der Waals surface area contributed by atoms with Crippen molar-refractivity contribution < 1.29 is 38.7 Å². The summed E-state index contributed by atoms with van der Waals surface area (Å²) < 4.78 is 22.8.